The normalized spacial score (nSPS) is 17.8. The number of fused-ring (bicyclic) bond motifs is 2. The lowest BCUT2D eigenvalue weighted by Crippen LogP contribution is -2.21. The Hall–Kier alpha value is -2.35. The summed E-state index contributed by atoms with van der Waals surface area (Å²) < 4.78 is 0. The van der Waals surface area contributed by atoms with E-state index < -0.39 is 5.97 Å². The minimum Gasteiger partial charge on any atom is -0.478 e. The summed E-state index contributed by atoms with van der Waals surface area (Å²) in [4.78, 5) is 10.6. The number of hydrogen-bond acceptors (Lipinski definition) is 1. The highest BCUT2D eigenvalue weighted by Crippen LogP contribution is 2.47. The number of benzene rings is 2. The number of hydrogen-bond donors (Lipinski definition) is 1. The average Bonchev–Trinajstić information content (AvgIpc) is 3.02. The van der Waals surface area contributed by atoms with Crippen molar-refractivity contribution in [2.45, 2.75) is 25.7 Å². The van der Waals surface area contributed by atoms with Gasteiger partial charge in [0, 0.05) is 6.08 Å². The molecule has 1 spiro atoms. The summed E-state index contributed by atoms with van der Waals surface area (Å²) in [7, 11) is 0. The Kier molecular flexibility index (Phi) is 2.93. The maximum Gasteiger partial charge on any atom is 0.328 e. The molecule has 0 radical (unpaired) electrons. The summed E-state index contributed by atoms with van der Waals surface area (Å²) in [5.41, 5.74) is 7.15. The van der Waals surface area contributed by atoms with Crippen molar-refractivity contribution >= 4 is 12.0 Å². The molecule has 2 aromatic rings. The average molecular weight is 290 g/mol. The second-order valence-corrected chi connectivity index (χ2v) is 6.68. The third kappa shape index (κ3) is 2.25. The fraction of sp³-hybridized carbons (Fsp3) is 0.250. The smallest absolute Gasteiger partial charge is 0.328 e. The molecule has 0 atom stereocenters. The van der Waals surface area contributed by atoms with Crippen LogP contribution in [0.2, 0.25) is 0 Å². The maximum atomic E-state index is 10.6. The van der Waals surface area contributed by atoms with Gasteiger partial charge in [0.15, 0.2) is 0 Å². The molecular formula is C20H18O2. The molecule has 0 heterocycles. The van der Waals surface area contributed by atoms with Crippen LogP contribution in [-0.2, 0) is 30.5 Å². The molecule has 2 aliphatic carbocycles. The van der Waals surface area contributed by atoms with Crippen LogP contribution >= 0.6 is 0 Å². The van der Waals surface area contributed by atoms with E-state index in [1.54, 1.807) is 6.08 Å². The summed E-state index contributed by atoms with van der Waals surface area (Å²) >= 11 is 0. The molecule has 0 amide bonds. The zero-order valence-corrected chi connectivity index (χ0v) is 12.4. The molecule has 0 saturated carbocycles. The van der Waals surface area contributed by atoms with Crippen LogP contribution in [0.3, 0.4) is 0 Å². The highest BCUT2D eigenvalue weighted by atomic mass is 16.4. The number of rotatable bonds is 2. The second-order valence-electron chi connectivity index (χ2n) is 6.68. The van der Waals surface area contributed by atoms with Gasteiger partial charge in [0.2, 0.25) is 0 Å². The largest absolute Gasteiger partial charge is 0.478 e. The van der Waals surface area contributed by atoms with E-state index in [9.17, 15) is 4.79 Å². The Balaban J connectivity index is 1.61. The lowest BCUT2D eigenvalue weighted by atomic mass is 9.82. The van der Waals surface area contributed by atoms with E-state index in [1.165, 1.54) is 28.3 Å². The van der Waals surface area contributed by atoms with Gasteiger partial charge in [-0.15, -0.1) is 0 Å². The lowest BCUT2D eigenvalue weighted by Gasteiger charge is -2.21. The molecule has 2 aromatic carbocycles. The molecule has 2 heteroatoms. The predicted molar refractivity (Wildman–Crippen MR) is 86.8 cm³/mol. The van der Waals surface area contributed by atoms with Crippen molar-refractivity contribution in [3.05, 3.63) is 76.4 Å². The zero-order valence-electron chi connectivity index (χ0n) is 12.4. The molecule has 0 aromatic heterocycles. The first-order chi connectivity index (χ1) is 10.6. The summed E-state index contributed by atoms with van der Waals surface area (Å²) in [6, 6.07) is 15.1. The molecule has 0 fully saturated rings. The lowest BCUT2D eigenvalue weighted by molar-refractivity contribution is -0.131. The fourth-order valence-corrected chi connectivity index (χ4v) is 4.15. The minimum absolute atomic E-state index is 0.348. The van der Waals surface area contributed by atoms with Crippen molar-refractivity contribution in [1.29, 1.82) is 0 Å². The highest BCUT2D eigenvalue weighted by molar-refractivity contribution is 5.85. The Morgan fingerprint density at radius 1 is 0.909 bits per heavy atom. The first kappa shape index (κ1) is 13.3. The van der Waals surface area contributed by atoms with Gasteiger partial charge in [0.05, 0.1) is 0 Å². The molecule has 2 nitrogen and oxygen atoms in total. The van der Waals surface area contributed by atoms with Gasteiger partial charge in [-0.05, 0) is 65.0 Å². The molecule has 1 N–H and O–H groups in total. The van der Waals surface area contributed by atoms with Gasteiger partial charge in [-0.1, -0.05) is 42.5 Å². The second kappa shape index (κ2) is 4.84. The van der Waals surface area contributed by atoms with E-state index in [4.69, 9.17) is 5.11 Å². The topological polar surface area (TPSA) is 37.3 Å². The van der Waals surface area contributed by atoms with Crippen molar-refractivity contribution in [3.8, 4) is 0 Å². The van der Waals surface area contributed by atoms with Crippen molar-refractivity contribution in [2.24, 2.45) is 5.41 Å². The van der Waals surface area contributed by atoms with E-state index in [0.717, 1.165) is 31.2 Å². The molecule has 0 aliphatic heterocycles. The first-order valence-electron chi connectivity index (χ1n) is 7.73. The van der Waals surface area contributed by atoms with Crippen LogP contribution < -0.4 is 0 Å². The van der Waals surface area contributed by atoms with Crippen LogP contribution in [0, 0.1) is 5.41 Å². The number of carbonyl (C=O) groups is 1. The maximum absolute atomic E-state index is 10.6. The van der Waals surface area contributed by atoms with E-state index in [-0.39, 0.29) is 0 Å². The molecule has 0 bridgehead atoms. The Bertz CT molecular complexity index is 761. The molecule has 0 unspecified atom stereocenters. The van der Waals surface area contributed by atoms with Gasteiger partial charge in [0.1, 0.15) is 0 Å². The Labute approximate surface area is 130 Å². The van der Waals surface area contributed by atoms with E-state index in [1.807, 2.05) is 6.07 Å². The third-order valence-electron chi connectivity index (χ3n) is 5.03. The van der Waals surface area contributed by atoms with Crippen LogP contribution in [0.25, 0.3) is 6.08 Å². The summed E-state index contributed by atoms with van der Waals surface area (Å²) in [5.74, 6) is -0.900. The van der Waals surface area contributed by atoms with Crippen molar-refractivity contribution in [3.63, 3.8) is 0 Å². The number of carboxylic acids is 1. The van der Waals surface area contributed by atoms with Gasteiger partial charge >= 0.3 is 5.97 Å². The molecule has 0 saturated heterocycles. The molecule has 22 heavy (non-hydrogen) atoms. The predicted octanol–water partition coefficient (Wildman–Crippen LogP) is 3.67. The van der Waals surface area contributed by atoms with Gasteiger partial charge < -0.3 is 5.11 Å². The SMILES string of the molecule is O=C(O)/C=C/c1ccc2c(c1)CC1(Cc3ccccc3C1)C2. The van der Waals surface area contributed by atoms with Gasteiger partial charge in [-0.3, -0.25) is 0 Å². The summed E-state index contributed by atoms with van der Waals surface area (Å²) in [6.07, 6.45) is 7.46. The van der Waals surface area contributed by atoms with E-state index >= 15 is 0 Å². The molecule has 2 aliphatic rings. The zero-order chi connectivity index (χ0) is 15.2. The number of aliphatic carboxylic acids is 1. The highest BCUT2D eigenvalue weighted by Gasteiger charge is 2.41. The van der Waals surface area contributed by atoms with Crippen LogP contribution in [0.1, 0.15) is 27.8 Å². The van der Waals surface area contributed by atoms with Crippen molar-refractivity contribution in [2.75, 3.05) is 0 Å². The first-order valence-corrected chi connectivity index (χ1v) is 7.73. The Morgan fingerprint density at radius 3 is 2.14 bits per heavy atom. The third-order valence-corrected chi connectivity index (χ3v) is 5.03. The van der Waals surface area contributed by atoms with E-state index in [0.29, 0.717) is 5.41 Å². The van der Waals surface area contributed by atoms with Crippen LogP contribution in [0.4, 0.5) is 0 Å². The number of carboxylic acid groups (broad SMARTS) is 1. The molecular weight excluding hydrogens is 272 g/mol. The van der Waals surface area contributed by atoms with Crippen LogP contribution in [-0.4, -0.2) is 11.1 Å². The van der Waals surface area contributed by atoms with Crippen molar-refractivity contribution in [1.82, 2.24) is 0 Å². The van der Waals surface area contributed by atoms with E-state index in [2.05, 4.69) is 36.4 Å². The summed E-state index contributed by atoms with van der Waals surface area (Å²) in [5, 5.41) is 8.75. The standard InChI is InChI=1S/C20H18O2/c21-19(22)8-6-14-5-7-17-12-20(13-18(17)9-14)10-15-3-1-2-4-16(15)11-20/h1-9H,10-13H2,(H,21,22)/b8-6+. The molecule has 110 valence electrons. The monoisotopic (exact) mass is 290 g/mol. The summed E-state index contributed by atoms with van der Waals surface area (Å²) in [6.45, 7) is 0. The van der Waals surface area contributed by atoms with Crippen LogP contribution in [0.15, 0.2) is 48.5 Å². The van der Waals surface area contributed by atoms with Crippen molar-refractivity contribution < 1.29 is 9.90 Å². The quantitative estimate of drug-likeness (QED) is 0.857. The minimum atomic E-state index is -0.900. The van der Waals surface area contributed by atoms with Crippen LogP contribution in [0.5, 0.6) is 0 Å². The molecule has 4 rings (SSSR count). The Morgan fingerprint density at radius 2 is 1.50 bits per heavy atom. The van der Waals surface area contributed by atoms with Gasteiger partial charge in [-0.25, -0.2) is 4.79 Å². The fourth-order valence-electron chi connectivity index (χ4n) is 4.15. The van der Waals surface area contributed by atoms with Gasteiger partial charge in [-0.2, -0.15) is 0 Å². The van der Waals surface area contributed by atoms with Gasteiger partial charge in [0.25, 0.3) is 0 Å².